The SMILES string of the molecule is CCN(CC)P(=S)(/N=c1\sccn1CC)N(CC)CC. The maximum absolute atomic E-state index is 6.09. The summed E-state index contributed by atoms with van der Waals surface area (Å²) in [5.74, 6) is 0. The van der Waals surface area contributed by atoms with Gasteiger partial charge in [-0.15, -0.1) is 11.3 Å². The Balaban J connectivity index is 3.39. The van der Waals surface area contributed by atoms with Crippen molar-refractivity contribution in [1.82, 2.24) is 13.9 Å². The average Bonchev–Trinajstić information content (AvgIpc) is 2.88. The average molecular weight is 334 g/mol. The fourth-order valence-corrected chi connectivity index (χ4v) is 7.60. The van der Waals surface area contributed by atoms with Gasteiger partial charge in [0.05, 0.1) is 0 Å². The zero-order valence-corrected chi connectivity index (χ0v) is 15.8. The summed E-state index contributed by atoms with van der Waals surface area (Å²) < 4.78 is 12.0. The predicted octanol–water partition coefficient (Wildman–Crippen LogP) is 3.38. The van der Waals surface area contributed by atoms with Crippen LogP contribution in [0.3, 0.4) is 0 Å². The summed E-state index contributed by atoms with van der Waals surface area (Å²) >= 11 is 7.77. The van der Waals surface area contributed by atoms with Crippen LogP contribution in [0.4, 0.5) is 0 Å². The molecule has 0 saturated heterocycles. The van der Waals surface area contributed by atoms with Crippen molar-refractivity contribution in [2.75, 3.05) is 26.2 Å². The van der Waals surface area contributed by atoms with Gasteiger partial charge in [0.2, 0.25) is 0 Å². The Kier molecular flexibility index (Phi) is 7.62. The number of aromatic nitrogens is 1. The van der Waals surface area contributed by atoms with Crippen molar-refractivity contribution in [2.45, 2.75) is 41.2 Å². The lowest BCUT2D eigenvalue weighted by Gasteiger charge is -2.37. The summed E-state index contributed by atoms with van der Waals surface area (Å²) in [5.41, 5.74) is 0. The van der Waals surface area contributed by atoms with Crippen LogP contribution in [0.2, 0.25) is 0 Å². The maximum Gasteiger partial charge on any atom is 0.191 e. The summed E-state index contributed by atoms with van der Waals surface area (Å²) in [7, 11) is 0. The van der Waals surface area contributed by atoms with Gasteiger partial charge in [-0.25, -0.2) is 9.34 Å². The molecule has 4 nitrogen and oxygen atoms in total. The zero-order valence-electron chi connectivity index (χ0n) is 13.2. The van der Waals surface area contributed by atoms with Crippen LogP contribution in [-0.4, -0.2) is 40.1 Å². The van der Waals surface area contributed by atoms with Crippen molar-refractivity contribution in [3.63, 3.8) is 0 Å². The fourth-order valence-electron chi connectivity index (χ4n) is 2.22. The van der Waals surface area contributed by atoms with Crippen LogP contribution in [0.5, 0.6) is 0 Å². The van der Waals surface area contributed by atoms with Crippen molar-refractivity contribution >= 4 is 29.6 Å². The van der Waals surface area contributed by atoms with E-state index in [9.17, 15) is 0 Å². The van der Waals surface area contributed by atoms with Crippen molar-refractivity contribution in [1.29, 1.82) is 0 Å². The fraction of sp³-hybridized carbons (Fsp3) is 0.769. The van der Waals surface area contributed by atoms with Crippen LogP contribution >= 0.6 is 17.8 Å². The van der Waals surface area contributed by atoms with E-state index >= 15 is 0 Å². The molecular formula is C13H27N4PS2. The van der Waals surface area contributed by atoms with Crippen LogP contribution in [-0.2, 0) is 18.4 Å². The van der Waals surface area contributed by atoms with Gasteiger partial charge in [-0.3, -0.25) is 0 Å². The Hall–Kier alpha value is -0.0000000000000000208. The Morgan fingerprint density at radius 3 is 2.00 bits per heavy atom. The molecule has 0 atom stereocenters. The molecule has 0 amide bonds. The largest absolute Gasteiger partial charge is 0.324 e. The van der Waals surface area contributed by atoms with Gasteiger partial charge in [0.25, 0.3) is 0 Å². The van der Waals surface area contributed by atoms with Crippen molar-refractivity contribution in [3.8, 4) is 0 Å². The Morgan fingerprint density at radius 1 is 1.10 bits per heavy atom. The monoisotopic (exact) mass is 334 g/mol. The number of aryl methyl sites for hydroxylation is 1. The highest BCUT2D eigenvalue weighted by Crippen LogP contribution is 2.54. The molecule has 1 aromatic heterocycles. The standard InChI is InChI=1S/C13H27N4PS2/c1-6-15-11-12-20-13(15)14-18(19,16(7-2)8-3)17(9-4)10-5/h11-12H,6-10H2,1-5H3/b14-13-. The topological polar surface area (TPSA) is 23.8 Å². The molecule has 1 heterocycles. The minimum Gasteiger partial charge on any atom is -0.324 e. The van der Waals surface area contributed by atoms with E-state index in [1.807, 2.05) is 0 Å². The molecule has 0 saturated carbocycles. The van der Waals surface area contributed by atoms with Crippen LogP contribution in [0, 0.1) is 0 Å². The molecule has 1 rings (SSSR count). The van der Waals surface area contributed by atoms with Gasteiger partial charge in [-0.1, -0.05) is 27.7 Å². The highest BCUT2D eigenvalue weighted by molar-refractivity contribution is 8.11. The molecule has 0 bridgehead atoms. The third-order valence-corrected chi connectivity index (χ3v) is 9.03. The molecule has 116 valence electrons. The van der Waals surface area contributed by atoms with Crippen molar-refractivity contribution in [2.24, 2.45) is 4.76 Å². The number of rotatable bonds is 8. The van der Waals surface area contributed by atoms with E-state index in [0.717, 1.165) is 37.5 Å². The summed E-state index contributed by atoms with van der Waals surface area (Å²) in [5, 5.41) is 2.09. The number of hydrogen-bond acceptors (Lipinski definition) is 2. The lowest BCUT2D eigenvalue weighted by Crippen LogP contribution is -2.32. The van der Waals surface area contributed by atoms with Gasteiger partial charge >= 0.3 is 0 Å². The first-order valence-electron chi connectivity index (χ1n) is 7.38. The van der Waals surface area contributed by atoms with Gasteiger partial charge in [0, 0.05) is 44.3 Å². The Labute approximate surface area is 132 Å². The van der Waals surface area contributed by atoms with E-state index in [0.29, 0.717) is 0 Å². The molecule has 7 heteroatoms. The second-order valence-electron chi connectivity index (χ2n) is 4.36. The molecule has 1 aromatic rings. The maximum atomic E-state index is 6.09. The quantitative estimate of drug-likeness (QED) is 0.681. The highest BCUT2D eigenvalue weighted by Gasteiger charge is 2.28. The number of hydrogen-bond donors (Lipinski definition) is 0. The summed E-state index contributed by atoms with van der Waals surface area (Å²) in [6.45, 7) is 13.5. The molecule has 0 spiro atoms. The van der Waals surface area contributed by atoms with Crippen LogP contribution in [0.25, 0.3) is 0 Å². The van der Waals surface area contributed by atoms with Crippen LogP contribution < -0.4 is 4.80 Å². The molecule has 0 fully saturated rings. The molecule has 20 heavy (non-hydrogen) atoms. The molecule has 0 aliphatic carbocycles. The smallest absolute Gasteiger partial charge is 0.191 e. The second-order valence-corrected chi connectivity index (χ2v) is 9.06. The Morgan fingerprint density at radius 2 is 1.60 bits per heavy atom. The van der Waals surface area contributed by atoms with Crippen molar-refractivity contribution < 1.29 is 0 Å². The van der Waals surface area contributed by atoms with Gasteiger partial charge in [-0.2, -0.15) is 4.76 Å². The first-order valence-corrected chi connectivity index (χ1v) is 10.9. The number of nitrogens with zero attached hydrogens (tertiary/aromatic N) is 4. The molecular weight excluding hydrogens is 307 g/mol. The van der Waals surface area contributed by atoms with E-state index in [4.69, 9.17) is 16.6 Å². The van der Waals surface area contributed by atoms with Crippen LogP contribution in [0.1, 0.15) is 34.6 Å². The molecule has 0 N–H and O–H groups in total. The predicted molar refractivity (Wildman–Crippen MR) is 93.7 cm³/mol. The lowest BCUT2D eigenvalue weighted by molar-refractivity contribution is 0.420. The van der Waals surface area contributed by atoms with E-state index in [1.54, 1.807) is 11.3 Å². The Bertz CT molecular complexity index is 484. The first-order chi connectivity index (χ1) is 9.57. The third kappa shape index (κ3) is 3.80. The van der Waals surface area contributed by atoms with Crippen molar-refractivity contribution in [3.05, 3.63) is 16.4 Å². The summed E-state index contributed by atoms with van der Waals surface area (Å²) in [6.07, 6.45) is 2.09. The summed E-state index contributed by atoms with van der Waals surface area (Å²) in [6, 6.07) is 0. The molecule has 0 aliphatic rings. The van der Waals surface area contributed by atoms with Gasteiger partial charge < -0.3 is 4.57 Å². The highest BCUT2D eigenvalue weighted by atomic mass is 32.4. The second kappa shape index (κ2) is 8.44. The van der Waals surface area contributed by atoms with E-state index in [-0.39, 0.29) is 0 Å². The molecule has 0 radical (unpaired) electrons. The van der Waals surface area contributed by atoms with Gasteiger partial charge in [0.1, 0.15) is 0 Å². The van der Waals surface area contributed by atoms with E-state index in [1.165, 1.54) is 0 Å². The van der Waals surface area contributed by atoms with E-state index < -0.39 is 6.49 Å². The lowest BCUT2D eigenvalue weighted by atomic mass is 10.7. The first kappa shape index (κ1) is 18.1. The summed E-state index contributed by atoms with van der Waals surface area (Å²) in [4.78, 5) is 1.05. The van der Waals surface area contributed by atoms with Gasteiger partial charge in [-0.05, 0) is 18.7 Å². The molecule has 0 aliphatic heterocycles. The molecule has 0 aromatic carbocycles. The third-order valence-electron chi connectivity index (χ3n) is 3.41. The number of thiazole rings is 1. The normalized spacial score (nSPS) is 13.7. The zero-order chi connectivity index (χ0) is 15.2. The molecule has 0 unspecified atom stereocenters. The van der Waals surface area contributed by atoms with Crippen LogP contribution in [0.15, 0.2) is 16.3 Å². The minimum absolute atomic E-state index is 0.939. The minimum atomic E-state index is -2.05. The van der Waals surface area contributed by atoms with Gasteiger partial charge in [0.15, 0.2) is 11.3 Å². The van der Waals surface area contributed by atoms with E-state index in [2.05, 4.69) is 60.1 Å².